The maximum atomic E-state index is 6.25. The molecule has 1 heterocycles. The van der Waals surface area contributed by atoms with Crippen molar-refractivity contribution in [3.8, 4) is 28.2 Å². The van der Waals surface area contributed by atoms with E-state index in [2.05, 4.69) is 6.07 Å². The number of aromatic nitrogens is 2. The molecule has 0 radical (unpaired) electrons. The molecule has 0 atom stereocenters. The van der Waals surface area contributed by atoms with Crippen molar-refractivity contribution >= 4 is 34.8 Å². The summed E-state index contributed by atoms with van der Waals surface area (Å²) in [5, 5.41) is 6.92. The van der Waals surface area contributed by atoms with Gasteiger partial charge in [0, 0.05) is 26.2 Å². The highest BCUT2D eigenvalue weighted by Crippen LogP contribution is 2.31. The minimum Gasteiger partial charge on any atom is -0.232 e. The van der Waals surface area contributed by atoms with Gasteiger partial charge in [-0.25, -0.2) is 4.68 Å². The fourth-order valence-corrected chi connectivity index (χ4v) is 3.38. The predicted octanol–water partition coefficient (Wildman–Crippen LogP) is 7.47. The van der Waals surface area contributed by atoms with E-state index < -0.39 is 0 Å². The van der Waals surface area contributed by atoms with Crippen molar-refractivity contribution < 1.29 is 0 Å². The highest BCUT2D eigenvalue weighted by atomic mass is 35.5. The monoisotopic (exact) mass is 412 g/mol. The molecule has 0 amide bonds. The molecular formula is C22H15Cl3N2. The van der Waals surface area contributed by atoms with Crippen LogP contribution in [0, 0.1) is 6.92 Å². The Kier molecular flexibility index (Phi) is 4.96. The summed E-state index contributed by atoms with van der Waals surface area (Å²) in [6, 6.07) is 23.2. The van der Waals surface area contributed by atoms with Crippen molar-refractivity contribution in [3.63, 3.8) is 0 Å². The fourth-order valence-electron chi connectivity index (χ4n) is 2.96. The zero-order valence-corrected chi connectivity index (χ0v) is 16.7. The van der Waals surface area contributed by atoms with Crippen LogP contribution in [0.4, 0.5) is 0 Å². The molecule has 0 saturated carbocycles. The normalized spacial score (nSPS) is 11.0. The summed E-state index contributed by atoms with van der Waals surface area (Å²) in [4.78, 5) is 0. The van der Waals surface area contributed by atoms with E-state index in [1.165, 1.54) is 0 Å². The molecule has 0 N–H and O–H groups in total. The van der Waals surface area contributed by atoms with E-state index in [1.807, 2.05) is 78.3 Å². The third-order valence-corrected chi connectivity index (χ3v) is 5.13. The highest BCUT2D eigenvalue weighted by Gasteiger charge is 2.15. The maximum Gasteiger partial charge on any atom is 0.0934 e. The van der Waals surface area contributed by atoms with Gasteiger partial charge >= 0.3 is 0 Å². The number of hydrogen-bond acceptors (Lipinski definition) is 1. The Labute approximate surface area is 172 Å². The SMILES string of the molecule is Cc1ccc(Cl)cc1-n1nc(-c2ccc(Cl)cc2)cc1-c1ccc(Cl)cc1. The molecule has 4 aromatic rings. The molecule has 0 spiro atoms. The first-order valence-electron chi connectivity index (χ1n) is 8.40. The Morgan fingerprint density at radius 2 is 1.22 bits per heavy atom. The Hall–Kier alpha value is -2.26. The average molecular weight is 414 g/mol. The van der Waals surface area contributed by atoms with Gasteiger partial charge in [-0.05, 0) is 55.0 Å². The van der Waals surface area contributed by atoms with Crippen LogP contribution in [-0.4, -0.2) is 9.78 Å². The van der Waals surface area contributed by atoms with Crippen molar-refractivity contribution in [1.29, 1.82) is 0 Å². The van der Waals surface area contributed by atoms with E-state index in [0.717, 1.165) is 33.8 Å². The van der Waals surface area contributed by atoms with Crippen LogP contribution in [0.5, 0.6) is 0 Å². The van der Waals surface area contributed by atoms with Crippen molar-refractivity contribution in [2.45, 2.75) is 6.92 Å². The maximum absolute atomic E-state index is 6.25. The zero-order chi connectivity index (χ0) is 19.0. The summed E-state index contributed by atoms with van der Waals surface area (Å²) in [7, 11) is 0. The molecule has 0 bridgehead atoms. The Morgan fingerprint density at radius 1 is 0.667 bits per heavy atom. The molecular weight excluding hydrogens is 399 g/mol. The molecule has 0 aliphatic rings. The largest absolute Gasteiger partial charge is 0.232 e. The van der Waals surface area contributed by atoms with Crippen LogP contribution in [-0.2, 0) is 0 Å². The summed E-state index contributed by atoms with van der Waals surface area (Å²) >= 11 is 18.3. The lowest BCUT2D eigenvalue weighted by molar-refractivity contribution is 0.884. The van der Waals surface area contributed by atoms with Crippen molar-refractivity contribution in [2.75, 3.05) is 0 Å². The van der Waals surface area contributed by atoms with Gasteiger partial charge in [0.25, 0.3) is 0 Å². The molecule has 27 heavy (non-hydrogen) atoms. The van der Waals surface area contributed by atoms with Gasteiger partial charge in [-0.3, -0.25) is 0 Å². The molecule has 0 aliphatic carbocycles. The van der Waals surface area contributed by atoms with Gasteiger partial charge in [0.05, 0.1) is 17.1 Å². The number of benzene rings is 3. The Balaban J connectivity index is 1.93. The van der Waals surface area contributed by atoms with E-state index in [0.29, 0.717) is 15.1 Å². The van der Waals surface area contributed by atoms with E-state index in [4.69, 9.17) is 39.9 Å². The van der Waals surface area contributed by atoms with Crippen LogP contribution in [0.3, 0.4) is 0 Å². The first kappa shape index (κ1) is 18.1. The van der Waals surface area contributed by atoms with Crippen LogP contribution >= 0.6 is 34.8 Å². The van der Waals surface area contributed by atoms with Crippen LogP contribution in [0.15, 0.2) is 72.8 Å². The second kappa shape index (κ2) is 7.40. The molecule has 2 nitrogen and oxygen atoms in total. The van der Waals surface area contributed by atoms with Crippen LogP contribution in [0.2, 0.25) is 15.1 Å². The van der Waals surface area contributed by atoms with Crippen LogP contribution < -0.4 is 0 Å². The lowest BCUT2D eigenvalue weighted by atomic mass is 10.1. The summed E-state index contributed by atoms with van der Waals surface area (Å²) in [6.45, 7) is 2.04. The van der Waals surface area contributed by atoms with Crippen molar-refractivity contribution in [3.05, 3.63) is 93.4 Å². The third-order valence-electron chi connectivity index (χ3n) is 4.39. The number of hydrogen-bond donors (Lipinski definition) is 0. The number of aryl methyl sites for hydroxylation is 1. The van der Waals surface area contributed by atoms with E-state index in [-0.39, 0.29) is 0 Å². The summed E-state index contributed by atoms with van der Waals surface area (Å²) in [5.74, 6) is 0. The lowest BCUT2D eigenvalue weighted by Gasteiger charge is -2.11. The van der Waals surface area contributed by atoms with Crippen molar-refractivity contribution in [1.82, 2.24) is 9.78 Å². The second-order valence-corrected chi connectivity index (χ2v) is 7.58. The molecule has 4 rings (SSSR count). The summed E-state index contributed by atoms with van der Waals surface area (Å²) in [5.41, 5.74) is 5.85. The minimum atomic E-state index is 0.668. The van der Waals surface area contributed by atoms with E-state index in [9.17, 15) is 0 Å². The van der Waals surface area contributed by atoms with Crippen LogP contribution in [0.1, 0.15) is 5.56 Å². The lowest BCUT2D eigenvalue weighted by Crippen LogP contribution is -2.01. The van der Waals surface area contributed by atoms with Gasteiger partial charge in [0.2, 0.25) is 0 Å². The first-order chi connectivity index (χ1) is 13.0. The molecule has 0 saturated heterocycles. The highest BCUT2D eigenvalue weighted by molar-refractivity contribution is 6.31. The minimum absolute atomic E-state index is 0.668. The van der Waals surface area contributed by atoms with E-state index in [1.54, 1.807) is 0 Å². The topological polar surface area (TPSA) is 17.8 Å². The average Bonchev–Trinajstić information content (AvgIpc) is 3.10. The quantitative estimate of drug-likeness (QED) is 0.340. The van der Waals surface area contributed by atoms with Gasteiger partial charge < -0.3 is 0 Å². The number of nitrogens with zero attached hydrogens (tertiary/aromatic N) is 2. The van der Waals surface area contributed by atoms with Crippen LogP contribution in [0.25, 0.3) is 28.2 Å². The van der Waals surface area contributed by atoms with Gasteiger partial charge in [0.1, 0.15) is 0 Å². The van der Waals surface area contributed by atoms with E-state index >= 15 is 0 Å². The standard InChI is InChI=1S/C22H15Cl3N2/c1-14-2-7-19(25)12-21(14)27-22(16-5-10-18(24)11-6-16)13-20(26-27)15-3-8-17(23)9-4-15/h2-13H,1H3. The zero-order valence-electron chi connectivity index (χ0n) is 14.5. The predicted molar refractivity (Wildman–Crippen MR) is 114 cm³/mol. The van der Waals surface area contributed by atoms with Gasteiger partial charge in [-0.1, -0.05) is 65.1 Å². The molecule has 3 aromatic carbocycles. The van der Waals surface area contributed by atoms with Gasteiger partial charge in [-0.15, -0.1) is 0 Å². The number of halogens is 3. The summed E-state index contributed by atoms with van der Waals surface area (Å²) < 4.78 is 1.92. The first-order valence-corrected chi connectivity index (χ1v) is 9.53. The van der Waals surface area contributed by atoms with Gasteiger partial charge in [-0.2, -0.15) is 5.10 Å². The molecule has 0 fully saturated rings. The summed E-state index contributed by atoms with van der Waals surface area (Å²) in [6.07, 6.45) is 0. The molecule has 0 unspecified atom stereocenters. The number of rotatable bonds is 3. The molecule has 0 aliphatic heterocycles. The third kappa shape index (κ3) is 3.74. The Morgan fingerprint density at radius 3 is 1.85 bits per heavy atom. The molecule has 1 aromatic heterocycles. The van der Waals surface area contributed by atoms with Gasteiger partial charge in [0.15, 0.2) is 0 Å². The second-order valence-electron chi connectivity index (χ2n) is 6.27. The fraction of sp³-hybridized carbons (Fsp3) is 0.0455. The molecule has 5 heteroatoms. The Bertz CT molecular complexity index is 1100. The smallest absolute Gasteiger partial charge is 0.0934 e. The molecule has 134 valence electrons. The van der Waals surface area contributed by atoms with Crippen molar-refractivity contribution in [2.24, 2.45) is 0 Å².